The average molecular weight is 382 g/mol. The zero-order valence-electron chi connectivity index (χ0n) is 15.0. The minimum Gasteiger partial charge on any atom is -0.273 e. The molecule has 144 valence electrons. The average Bonchev–Trinajstić information content (AvgIpc) is 3.21. The fourth-order valence-corrected chi connectivity index (χ4v) is 2.72. The Morgan fingerprint density at radius 2 is 1.68 bits per heavy atom. The summed E-state index contributed by atoms with van der Waals surface area (Å²) in [7, 11) is 0. The number of benzene rings is 2. The van der Waals surface area contributed by atoms with Gasteiger partial charge in [0.25, 0.3) is 5.91 Å². The second kappa shape index (κ2) is 8.90. The maximum absolute atomic E-state index is 13.5. The molecule has 1 aliphatic heterocycles. The molecule has 28 heavy (non-hydrogen) atoms. The summed E-state index contributed by atoms with van der Waals surface area (Å²) < 4.78 is 13.5. The summed E-state index contributed by atoms with van der Waals surface area (Å²) in [6.07, 6.45) is 0.483. The van der Waals surface area contributed by atoms with E-state index in [1.807, 2.05) is 30.3 Å². The third kappa shape index (κ3) is 4.79. The van der Waals surface area contributed by atoms with Crippen molar-refractivity contribution in [2.75, 3.05) is 6.54 Å². The Bertz CT molecular complexity index is 915. The summed E-state index contributed by atoms with van der Waals surface area (Å²) in [5.41, 5.74) is 5.92. The SMILES string of the molecule is O=C(CCC(=O)N1CCC(c2ccccc2)=N1)NNC(=O)c1ccccc1F. The maximum Gasteiger partial charge on any atom is 0.272 e. The molecule has 0 fully saturated rings. The second-order valence-corrected chi connectivity index (χ2v) is 6.16. The Labute approximate surface area is 161 Å². The van der Waals surface area contributed by atoms with Gasteiger partial charge in [0.2, 0.25) is 11.8 Å². The normalized spacial score (nSPS) is 13.0. The largest absolute Gasteiger partial charge is 0.273 e. The van der Waals surface area contributed by atoms with Crippen LogP contribution in [0, 0.1) is 5.82 Å². The van der Waals surface area contributed by atoms with Crippen molar-refractivity contribution in [2.24, 2.45) is 5.10 Å². The van der Waals surface area contributed by atoms with E-state index in [9.17, 15) is 18.8 Å². The highest BCUT2D eigenvalue weighted by molar-refractivity contribution is 6.02. The Morgan fingerprint density at radius 1 is 0.964 bits per heavy atom. The number of carbonyl (C=O) groups excluding carboxylic acids is 3. The van der Waals surface area contributed by atoms with Gasteiger partial charge in [-0.15, -0.1) is 0 Å². The molecular weight excluding hydrogens is 363 g/mol. The van der Waals surface area contributed by atoms with Crippen LogP contribution in [0.15, 0.2) is 59.7 Å². The standard InChI is InChI=1S/C20H19FN4O3/c21-16-9-5-4-8-15(16)20(28)23-22-18(26)10-11-19(27)25-13-12-17(24-25)14-6-2-1-3-7-14/h1-9H,10-13H2,(H,22,26)(H,23,28). The van der Waals surface area contributed by atoms with Crippen LogP contribution in [0.2, 0.25) is 0 Å². The predicted octanol–water partition coefficient (Wildman–Crippen LogP) is 2.00. The molecule has 8 heteroatoms. The molecule has 3 amide bonds. The van der Waals surface area contributed by atoms with Gasteiger partial charge in [0.05, 0.1) is 17.8 Å². The lowest BCUT2D eigenvalue weighted by molar-refractivity contribution is -0.133. The van der Waals surface area contributed by atoms with Gasteiger partial charge in [-0.2, -0.15) is 5.10 Å². The number of rotatable bonds is 5. The molecule has 0 radical (unpaired) electrons. The van der Waals surface area contributed by atoms with E-state index >= 15 is 0 Å². The smallest absolute Gasteiger partial charge is 0.272 e. The number of hydrogen-bond donors (Lipinski definition) is 2. The van der Waals surface area contributed by atoms with Gasteiger partial charge >= 0.3 is 0 Å². The van der Waals surface area contributed by atoms with E-state index in [1.54, 1.807) is 0 Å². The van der Waals surface area contributed by atoms with Gasteiger partial charge in [-0.3, -0.25) is 25.2 Å². The quantitative estimate of drug-likeness (QED) is 0.775. The minimum absolute atomic E-state index is 0.0486. The van der Waals surface area contributed by atoms with Gasteiger partial charge in [0, 0.05) is 19.3 Å². The first kappa shape index (κ1) is 19.2. The number of amides is 3. The van der Waals surface area contributed by atoms with Gasteiger partial charge in [-0.05, 0) is 17.7 Å². The molecule has 1 heterocycles. The van der Waals surface area contributed by atoms with Gasteiger partial charge < -0.3 is 0 Å². The number of carbonyl (C=O) groups is 3. The van der Waals surface area contributed by atoms with Gasteiger partial charge in [0.1, 0.15) is 5.82 Å². The van der Waals surface area contributed by atoms with Crippen molar-refractivity contribution in [3.8, 4) is 0 Å². The molecule has 0 unspecified atom stereocenters. The van der Waals surface area contributed by atoms with Crippen molar-refractivity contribution in [1.82, 2.24) is 15.9 Å². The molecule has 1 aliphatic rings. The lowest BCUT2D eigenvalue weighted by Crippen LogP contribution is -2.42. The fraction of sp³-hybridized carbons (Fsp3) is 0.200. The Hall–Kier alpha value is -3.55. The first-order chi connectivity index (χ1) is 13.5. The molecule has 0 aliphatic carbocycles. The lowest BCUT2D eigenvalue weighted by atomic mass is 10.1. The summed E-state index contributed by atoms with van der Waals surface area (Å²) in [6, 6.07) is 15.0. The number of halogens is 1. The highest BCUT2D eigenvalue weighted by Gasteiger charge is 2.22. The maximum atomic E-state index is 13.5. The fourth-order valence-electron chi connectivity index (χ4n) is 2.72. The van der Waals surface area contributed by atoms with Crippen LogP contribution in [0.3, 0.4) is 0 Å². The van der Waals surface area contributed by atoms with E-state index in [2.05, 4.69) is 16.0 Å². The Kier molecular flexibility index (Phi) is 6.11. The monoisotopic (exact) mass is 382 g/mol. The summed E-state index contributed by atoms with van der Waals surface area (Å²) in [5.74, 6) is -2.29. The third-order valence-corrected chi connectivity index (χ3v) is 4.20. The molecular formula is C20H19FN4O3. The minimum atomic E-state index is -0.769. The summed E-state index contributed by atoms with van der Waals surface area (Å²) in [6.45, 7) is 0.467. The van der Waals surface area contributed by atoms with Crippen molar-refractivity contribution < 1.29 is 18.8 Å². The summed E-state index contributed by atoms with van der Waals surface area (Å²) in [4.78, 5) is 35.9. The third-order valence-electron chi connectivity index (χ3n) is 4.20. The highest BCUT2D eigenvalue weighted by atomic mass is 19.1. The van der Waals surface area contributed by atoms with Gasteiger partial charge in [0.15, 0.2) is 0 Å². The number of nitrogens with zero attached hydrogens (tertiary/aromatic N) is 2. The molecule has 2 aromatic rings. The molecule has 0 saturated heterocycles. The molecule has 2 N–H and O–H groups in total. The first-order valence-electron chi connectivity index (χ1n) is 8.81. The molecule has 7 nitrogen and oxygen atoms in total. The van der Waals surface area contributed by atoms with Crippen molar-refractivity contribution in [3.63, 3.8) is 0 Å². The molecule has 0 aromatic heterocycles. The van der Waals surface area contributed by atoms with Gasteiger partial charge in [-0.25, -0.2) is 9.40 Å². The number of hydrazone groups is 1. The van der Waals surface area contributed by atoms with Crippen LogP contribution in [0.25, 0.3) is 0 Å². The Morgan fingerprint density at radius 3 is 2.43 bits per heavy atom. The molecule has 0 saturated carbocycles. The summed E-state index contributed by atoms with van der Waals surface area (Å²) >= 11 is 0. The molecule has 0 atom stereocenters. The van der Waals surface area contributed by atoms with Crippen LogP contribution in [-0.4, -0.2) is 35.0 Å². The van der Waals surface area contributed by atoms with E-state index in [0.29, 0.717) is 13.0 Å². The first-order valence-corrected chi connectivity index (χ1v) is 8.81. The number of hydrazine groups is 1. The Balaban J connectivity index is 1.45. The van der Waals surface area contributed by atoms with Crippen LogP contribution < -0.4 is 10.9 Å². The van der Waals surface area contributed by atoms with Crippen molar-refractivity contribution >= 4 is 23.4 Å². The van der Waals surface area contributed by atoms with Crippen LogP contribution in [0.4, 0.5) is 4.39 Å². The molecule has 0 spiro atoms. The summed E-state index contributed by atoms with van der Waals surface area (Å²) in [5, 5.41) is 5.67. The van der Waals surface area contributed by atoms with Crippen molar-refractivity contribution in [1.29, 1.82) is 0 Å². The zero-order valence-corrected chi connectivity index (χ0v) is 15.0. The molecule has 3 rings (SSSR count). The van der Waals surface area contributed by atoms with E-state index in [-0.39, 0.29) is 24.3 Å². The van der Waals surface area contributed by atoms with E-state index in [1.165, 1.54) is 23.2 Å². The number of hydrogen-bond acceptors (Lipinski definition) is 4. The predicted molar refractivity (Wildman–Crippen MR) is 101 cm³/mol. The van der Waals surface area contributed by atoms with Crippen LogP contribution in [-0.2, 0) is 9.59 Å². The highest BCUT2D eigenvalue weighted by Crippen LogP contribution is 2.15. The molecule has 2 aromatic carbocycles. The second-order valence-electron chi connectivity index (χ2n) is 6.16. The van der Waals surface area contributed by atoms with Crippen LogP contribution in [0.1, 0.15) is 35.2 Å². The van der Waals surface area contributed by atoms with E-state index < -0.39 is 17.6 Å². The topological polar surface area (TPSA) is 90.9 Å². The van der Waals surface area contributed by atoms with Crippen LogP contribution >= 0.6 is 0 Å². The molecule has 0 bridgehead atoms. The zero-order chi connectivity index (χ0) is 19.9. The van der Waals surface area contributed by atoms with Gasteiger partial charge in [-0.1, -0.05) is 42.5 Å². The van der Waals surface area contributed by atoms with Crippen molar-refractivity contribution in [2.45, 2.75) is 19.3 Å². The van der Waals surface area contributed by atoms with E-state index in [4.69, 9.17) is 0 Å². The van der Waals surface area contributed by atoms with E-state index in [0.717, 1.165) is 17.3 Å². The number of nitrogens with one attached hydrogen (secondary N) is 2. The lowest BCUT2D eigenvalue weighted by Gasteiger charge is -2.11. The van der Waals surface area contributed by atoms with Crippen LogP contribution in [0.5, 0.6) is 0 Å². The van der Waals surface area contributed by atoms with Crippen molar-refractivity contribution in [3.05, 3.63) is 71.5 Å².